The van der Waals surface area contributed by atoms with Crippen LogP contribution >= 0.6 is 0 Å². The fourth-order valence-electron chi connectivity index (χ4n) is 2.33. The Bertz CT molecular complexity index is 783. The summed E-state index contributed by atoms with van der Waals surface area (Å²) in [6.45, 7) is 2.15. The van der Waals surface area contributed by atoms with Gasteiger partial charge in [0.2, 0.25) is 5.91 Å². The van der Waals surface area contributed by atoms with Crippen molar-refractivity contribution in [2.75, 3.05) is 7.05 Å². The van der Waals surface area contributed by atoms with E-state index in [-0.39, 0.29) is 18.5 Å². The smallest absolute Gasteiger partial charge is 0.244 e. The first-order valence-electron chi connectivity index (χ1n) is 7.09. The summed E-state index contributed by atoms with van der Waals surface area (Å²) in [7, 11) is 1.79. The summed E-state index contributed by atoms with van der Waals surface area (Å²) in [6, 6.07) is 7.57. The molecule has 0 aliphatic rings. The average molecular weight is 295 g/mol. The second kappa shape index (κ2) is 5.93. The number of hydrogen-bond acceptors (Lipinski definition) is 4. The van der Waals surface area contributed by atoms with E-state index >= 15 is 0 Å². The second-order valence-electron chi connectivity index (χ2n) is 5.19. The van der Waals surface area contributed by atoms with Crippen molar-refractivity contribution in [3.8, 4) is 0 Å². The van der Waals surface area contributed by atoms with Crippen LogP contribution in [0.2, 0.25) is 0 Å². The van der Waals surface area contributed by atoms with Crippen LogP contribution in [-0.2, 0) is 11.3 Å². The Labute approximate surface area is 128 Å². The zero-order chi connectivity index (χ0) is 15.5. The van der Waals surface area contributed by atoms with Gasteiger partial charge in [0.05, 0.1) is 12.2 Å². The molecule has 22 heavy (non-hydrogen) atoms. The van der Waals surface area contributed by atoms with Crippen LogP contribution in [0.4, 0.5) is 0 Å². The largest absolute Gasteiger partial charge is 0.337 e. The summed E-state index contributed by atoms with van der Waals surface area (Å²) < 4.78 is 1.63. The lowest BCUT2D eigenvalue weighted by Crippen LogP contribution is -2.33. The van der Waals surface area contributed by atoms with Gasteiger partial charge in [-0.15, -0.1) is 0 Å². The van der Waals surface area contributed by atoms with Crippen LogP contribution in [0.25, 0.3) is 11.0 Å². The third kappa shape index (κ3) is 2.67. The number of amides is 1. The molecule has 6 nitrogen and oxygen atoms in total. The number of pyridine rings is 2. The first-order valence-corrected chi connectivity index (χ1v) is 7.09. The molecule has 1 atom stereocenters. The highest BCUT2D eigenvalue weighted by Crippen LogP contribution is 2.18. The van der Waals surface area contributed by atoms with Gasteiger partial charge in [-0.2, -0.15) is 5.10 Å². The van der Waals surface area contributed by atoms with Crippen LogP contribution in [0.1, 0.15) is 18.5 Å². The van der Waals surface area contributed by atoms with Gasteiger partial charge in [0.15, 0.2) is 5.65 Å². The van der Waals surface area contributed by atoms with Crippen LogP contribution in [0, 0.1) is 0 Å². The van der Waals surface area contributed by atoms with Crippen molar-refractivity contribution >= 4 is 16.9 Å². The van der Waals surface area contributed by atoms with Crippen molar-refractivity contribution in [1.82, 2.24) is 24.6 Å². The molecule has 1 unspecified atom stereocenters. The summed E-state index contributed by atoms with van der Waals surface area (Å²) in [4.78, 5) is 22.6. The molecule has 0 fully saturated rings. The maximum atomic E-state index is 12.5. The summed E-state index contributed by atoms with van der Waals surface area (Å²) in [6.07, 6.45) is 6.92. The van der Waals surface area contributed by atoms with E-state index < -0.39 is 0 Å². The first kappa shape index (κ1) is 14.2. The molecule has 0 radical (unpaired) electrons. The van der Waals surface area contributed by atoms with Gasteiger partial charge >= 0.3 is 0 Å². The van der Waals surface area contributed by atoms with Crippen LogP contribution in [-0.4, -0.2) is 37.6 Å². The number of carbonyl (C=O) groups excluding carboxylic acids is 1. The molecule has 0 aromatic carbocycles. The number of carbonyl (C=O) groups is 1. The maximum Gasteiger partial charge on any atom is 0.244 e. The molecule has 3 aromatic rings. The minimum atomic E-state index is -0.0454. The third-order valence-corrected chi connectivity index (χ3v) is 3.82. The van der Waals surface area contributed by atoms with Crippen molar-refractivity contribution in [3.63, 3.8) is 0 Å². The molecule has 3 heterocycles. The predicted molar refractivity (Wildman–Crippen MR) is 83.0 cm³/mol. The Kier molecular flexibility index (Phi) is 3.82. The highest BCUT2D eigenvalue weighted by Gasteiger charge is 2.19. The van der Waals surface area contributed by atoms with E-state index in [9.17, 15) is 4.79 Å². The monoisotopic (exact) mass is 295 g/mol. The number of likely N-dealkylation sites (N-methyl/N-ethyl adjacent to an activating group) is 1. The van der Waals surface area contributed by atoms with Crippen molar-refractivity contribution in [3.05, 3.63) is 54.6 Å². The van der Waals surface area contributed by atoms with Crippen molar-refractivity contribution in [1.29, 1.82) is 0 Å². The molecule has 3 aromatic heterocycles. The number of hydrogen-bond donors (Lipinski definition) is 0. The molecule has 0 aliphatic carbocycles. The van der Waals surface area contributed by atoms with Gasteiger partial charge in [-0.1, -0.05) is 6.07 Å². The minimum Gasteiger partial charge on any atom is -0.337 e. The molecule has 0 saturated heterocycles. The quantitative estimate of drug-likeness (QED) is 0.739. The van der Waals surface area contributed by atoms with E-state index in [1.165, 1.54) is 0 Å². The summed E-state index contributed by atoms with van der Waals surface area (Å²) in [5.41, 5.74) is 1.72. The van der Waals surface area contributed by atoms with E-state index in [0.717, 1.165) is 16.6 Å². The van der Waals surface area contributed by atoms with Crippen LogP contribution in [0.15, 0.2) is 49.1 Å². The lowest BCUT2D eigenvalue weighted by molar-refractivity contribution is -0.132. The Balaban J connectivity index is 1.76. The van der Waals surface area contributed by atoms with Gasteiger partial charge in [-0.25, -0.2) is 9.67 Å². The number of aromatic nitrogens is 4. The zero-order valence-corrected chi connectivity index (χ0v) is 12.5. The molecule has 1 amide bonds. The molecule has 0 N–H and O–H groups in total. The highest BCUT2D eigenvalue weighted by molar-refractivity contribution is 5.79. The fraction of sp³-hybridized carbons (Fsp3) is 0.250. The van der Waals surface area contributed by atoms with Gasteiger partial charge in [0, 0.05) is 31.0 Å². The average Bonchev–Trinajstić information content (AvgIpc) is 2.97. The Morgan fingerprint density at radius 3 is 2.86 bits per heavy atom. The molecule has 3 rings (SSSR count). The van der Waals surface area contributed by atoms with Crippen LogP contribution in [0.5, 0.6) is 0 Å². The number of nitrogens with zero attached hydrogens (tertiary/aromatic N) is 5. The minimum absolute atomic E-state index is 0.0213. The van der Waals surface area contributed by atoms with Gasteiger partial charge in [-0.3, -0.25) is 9.78 Å². The van der Waals surface area contributed by atoms with Gasteiger partial charge in [-0.05, 0) is 30.7 Å². The lowest BCUT2D eigenvalue weighted by Gasteiger charge is -2.25. The van der Waals surface area contributed by atoms with Crippen molar-refractivity contribution in [2.24, 2.45) is 0 Å². The van der Waals surface area contributed by atoms with Crippen molar-refractivity contribution in [2.45, 2.75) is 19.5 Å². The predicted octanol–water partition coefficient (Wildman–Crippen LogP) is 2.05. The SMILES string of the molecule is CC(c1cccnc1)N(C)C(=O)Cn1ncc2cccnc21. The number of rotatable bonds is 4. The zero-order valence-electron chi connectivity index (χ0n) is 12.5. The van der Waals surface area contributed by atoms with Crippen LogP contribution in [0.3, 0.4) is 0 Å². The lowest BCUT2D eigenvalue weighted by atomic mass is 10.1. The topological polar surface area (TPSA) is 63.9 Å². The van der Waals surface area contributed by atoms with Gasteiger partial charge < -0.3 is 4.90 Å². The van der Waals surface area contributed by atoms with E-state index in [1.54, 1.807) is 41.4 Å². The molecule has 112 valence electrons. The normalized spacial score (nSPS) is 12.3. The molecular weight excluding hydrogens is 278 g/mol. The second-order valence-corrected chi connectivity index (χ2v) is 5.19. The maximum absolute atomic E-state index is 12.5. The van der Waals surface area contributed by atoms with E-state index in [4.69, 9.17) is 0 Å². The van der Waals surface area contributed by atoms with Gasteiger partial charge in [0.1, 0.15) is 6.54 Å². The number of fused-ring (bicyclic) bond motifs is 1. The Morgan fingerprint density at radius 2 is 2.09 bits per heavy atom. The Hall–Kier alpha value is -2.76. The Morgan fingerprint density at radius 1 is 1.27 bits per heavy atom. The van der Waals surface area contributed by atoms with Crippen molar-refractivity contribution < 1.29 is 4.79 Å². The molecule has 0 aliphatic heterocycles. The molecule has 0 bridgehead atoms. The first-order chi connectivity index (χ1) is 10.7. The summed E-state index contributed by atoms with van der Waals surface area (Å²) >= 11 is 0. The molecule has 6 heteroatoms. The molecule has 0 spiro atoms. The summed E-state index contributed by atoms with van der Waals surface area (Å²) in [5, 5.41) is 5.17. The standard InChI is InChI=1S/C16H17N5O/c1-12(13-5-3-7-17-9-13)20(2)15(22)11-21-16-14(10-19-21)6-4-8-18-16/h3-10,12H,11H2,1-2H3. The molecular formula is C16H17N5O. The van der Waals surface area contributed by atoms with E-state index in [2.05, 4.69) is 15.1 Å². The third-order valence-electron chi connectivity index (χ3n) is 3.82. The fourth-order valence-corrected chi connectivity index (χ4v) is 2.33. The summed E-state index contributed by atoms with van der Waals surface area (Å²) in [5.74, 6) is -0.0213. The van der Waals surface area contributed by atoms with Gasteiger partial charge in [0.25, 0.3) is 0 Å². The van der Waals surface area contributed by atoms with E-state index in [1.807, 2.05) is 31.2 Å². The van der Waals surface area contributed by atoms with Crippen LogP contribution < -0.4 is 0 Å². The van der Waals surface area contributed by atoms with E-state index in [0.29, 0.717) is 0 Å². The highest BCUT2D eigenvalue weighted by atomic mass is 16.2. The molecule has 0 saturated carbocycles.